The van der Waals surface area contributed by atoms with Gasteiger partial charge in [0, 0.05) is 19.3 Å². The van der Waals surface area contributed by atoms with E-state index in [9.17, 15) is 14.4 Å². The fourth-order valence-electron chi connectivity index (χ4n) is 8.95. The second kappa shape index (κ2) is 56.5. The Kier molecular flexibility index (Phi) is 54.7. The number of ether oxygens (including phenoxy) is 3. The zero-order valence-corrected chi connectivity index (χ0v) is 45.2. The molecule has 0 aliphatic heterocycles. The van der Waals surface area contributed by atoms with E-state index in [2.05, 4.69) is 45.1 Å². The van der Waals surface area contributed by atoms with Gasteiger partial charge in [-0.3, -0.25) is 14.4 Å². The Morgan fingerprint density at radius 2 is 0.537 bits per heavy atom. The first kappa shape index (κ1) is 64.9. The number of esters is 3. The minimum Gasteiger partial charge on any atom is -0.462 e. The lowest BCUT2D eigenvalue weighted by atomic mass is 10.0. The molecule has 0 aromatic rings. The van der Waals surface area contributed by atoms with Crippen LogP contribution in [-0.2, 0) is 28.6 Å². The normalized spacial score (nSPS) is 12.1. The molecule has 0 saturated carbocycles. The van der Waals surface area contributed by atoms with Crippen LogP contribution in [0.1, 0.15) is 329 Å². The van der Waals surface area contributed by atoms with Crippen molar-refractivity contribution in [3.05, 3.63) is 24.3 Å². The number of unbranched alkanes of at least 4 members (excludes halogenated alkanes) is 40. The zero-order valence-electron chi connectivity index (χ0n) is 45.2. The first-order chi connectivity index (χ1) is 33.0. The van der Waals surface area contributed by atoms with Gasteiger partial charge in [0.05, 0.1) is 0 Å². The van der Waals surface area contributed by atoms with Crippen molar-refractivity contribution in [3.8, 4) is 0 Å². The highest BCUT2D eigenvalue weighted by molar-refractivity contribution is 5.71. The third kappa shape index (κ3) is 54.7. The van der Waals surface area contributed by atoms with Crippen molar-refractivity contribution in [3.63, 3.8) is 0 Å². The van der Waals surface area contributed by atoms with Gasteiger partial charge < -0.3 is 14.2 Å². The van der Waals surface area contributed by atoms with E-state index < -0.39 is 6.10 Å². The molecule has 0 aromatic carbocycles. The van der Waals surface area contributed by atoms with Gasteiger partial charge in [-0.1, -0.05) is 283 Å². The van der Waals surface area contributed by atoms with Crippen LogP contribution in [0.15, 0.2) is 24.3 Å². The predicted molar refractivity (Wildman–Crippen MR) is 289 cm³/mol. The molecule has 0 radical (unpaired) electrons. The van der Waals surface area contributed by atoms with E-state index in [-0.39, 0.29) is 31.1 Å². The summed E-state index contributed by atoms with van der Waals surface area (Å²) < 4.78 is 16.8. The fourth-order valence-corrected chi connectivity index (χ4v) is 8.95. The molecule has 0 N–H and O–H groups in total. The van der Waals surface area contributed by atoms with E-state index in [1.54, 1.807) is 0 Å². The summed E-state index contributed by atoms with van der Waals surface area (Å²) >= 11 is 0. The Morgan fingerprint density at radius 1 is 0.299 bits per heavy atom. The van der Waals surface area contributed by atoms with E-state index in [0.29, 0.717) is 19.3 Å². The van der Waals surface area contributed by atoms with Gasteiger partial charge in [-0.2, -0.15) is 0 Å². The van der Waals surface area contributed by atoms with Crippen molar-refractivity contribution in [1.82, 2.24) is 0 Å². The fraction of sp³-hybridized carbons (Fsp3) is 0.885. The van der Waals surface area contributed by atoms with Crippen molar-refractivity contribution in [2.45, 2.75) is 335 Å². The van der Waals surface area contributed by atoms with Gasteiger partial charge >= 0.3 is 17.9 Å². The highest BCUT2D eigenvalue weighted by Crippen LogP contribution is 2.17. The van der Waals surface area contributed by atoms with Crippen molar-refractivity contribution >= 4 is 17.9 Å². The molecule has 0 bridgehead atoms. The summed E-state index contributed by atoms with van der Waals surface area (Å²) in [5.41, 5.74) is 0. The minimum absolute atomic E-state index is 0.0701. The average Bonchev–Trinajstić information content (AvgIpc) is 3.33. The molecular weight excluding hydrogens is 829 g/mol. The summed E-state index contributed by atoms with van der Waals surface area (Å²) in [5.74, 6) is -0.869. The summed E-state index contributed by atoms with van der Waals surface area (Å²) in [6.45, 7) is 6.61. The number of hydrogen-bond donors (Lipinski definition) is 0. The van der Waals surface area contributed by atoms with E-state index in [1.807, 2.05) is 0 Å². The van der Waals surface area contributed by atoms with Crippen LogP contribution in [0.25, 0.3) is 0 Å². The number of rotatable bonds is 55. The zero-order chi connectivity index (χ0) is 48.6. The predicted octanol–water partition coefficient (Wildman–Crippen LogP) is 19.9. The van der Waals surface area contributed by atoms with Gasteiger partial charge in [0.15, 0.2) is 6.10 Å². The second-order valence-corrected chi connectivity index (χ2v) is 20.3. The molecule has 394 valence electrons. The van der Waals surface area contributed by atoms with Crippen LogP contribution in [0, 0.1) is 0 Å². The highest BCUT2D eigenvalue weighted by Gasteiger charge is 2.19. The van der Waals surface area contributed by atoms with Gasteiger partial charge in [-0.05, 0) is 51.4 Å². The summed E-state index contributed by atoms with van der Waals surface area (Å²) in [5, 5.41) is 0. The molecule has 6 nitrogen and oxygen atoms in total. The molecule has 0 spiro atoms. The van der Waals surface area contributed by atoms with Crippen molar-refractivity contribution in [2.24, 2.45) is 0 Å². The Hall–Kier alpha value is -2.11. The van der Waals surface area contributed by atoms with Gasteiger partial charge in [-0.25, -0.2) is 0 Å². The number of carbonyl (C=O) groups is 3. The first-order valence-corrected chi connectivity index (χ1v) is 29.8. The number of carbonyl (C=O) groups excluding carboxylic acids is 3. The molecule has 0 amide bonds. The lowest BCUT2D eigenvalue weighted by molar-refractivity contribution is -0.167. The van der Waals surface area contributed by atoms with Crippen molar-refractivity contribution < 1.29 is 28.6 Å². The Balaban J connectivity index is 4.06. The maximum atomic E-state index is 12.8. The van der Waals surface area contributed by atoms with Gasteiger partial charge in [-0.15, -0.1) is 0 Å². The summed E-state index contributed by atoms with van der Waals surface area (Å²) in [6, 6.07) is 0. The Morgan fingerprint density at radius 3 is 0.836 bits per heavy atom. The van der Waals surface area contributed by atoms with Crippen LogP contribution < -0.4 is 0 Å². The first-order valence-electron chi connectivity index (χ1n) is 29.8. The maximum Gasteiger partial charge on any atom is 0.306 e. The monoisotopic (exact) mass is 943 g/mol. The SMILES string of the molecule is CCCCCC/C=C\C/C=C\CCCCCCCCCC(=O)OC(COC(=O)CCCCCCCC)COC(=O)CCCCCCCCCCCCCCCCCCCCCCCCCCC. The topological polar surface area (TPSA) is 78.9 Å². The average molecular weight is 944 g/mol. The molecule has 1 unspecified atom stereocenters. The maximum absolute atomic E-state index is 12.8. The third-order valence-electron chi connectivity index (χ3n) is 13.5. The number of allylic oxidation sites excluding steroid dienone is 4. The summed E-state index contributed by atoms with van der Waals surface area (Å²) in [4.78, 5) is 37.9. The molecule has 0 heterocycles. The van der Waals surface area contributed by atoms with Gasteiger partial charge in [0.2, 0.25) is 0 Å². The highest BCUT2D eigenvalue weighted by atomic mass is 16.6. The smallest absolute Gasteiger partial charge is 0.306 e. The minimum atomic E-state index is -0.769. The van der Waals surface area contributed by atoms with Gasteiger partial charge in [0.1, 0.15) is 13.2 Å². The number of hydrogen-bond acceptors (Lipinski definition) is 6. The molecule has 67 heavy (non-hydrogen) atoms. The molecule has 0 aliphatic rings. The largest absolute Gasteiger partial charge is 0.462 e. The van der Waals surface area contributed by atoms with E-state index >= 15 is 0 Å². The molecule has 0 aromatic heterocycles. The summed E-state index contributed by atoms with van der Waals surface area (Å²) in [6.07, 6.45) is 66.4. The summed E-state index contributed by atoms with van der Waals surface area (Å²) in [7, 11) is 0. The second-order valence-electron chi connectivity index (χ2n) is 20.3. The van der Waals surface area contributed by atoms with Crippen LogP contribution >= 0.6 is 0 Å². The lowest BCUT2D eigenvalue weighted by Gasteiger charge is -2.18. The van der Waals surface area contributed by atoms with E-state index in [1.165, 1.54) is 218 Å². The molecular formula is C61H114O6. The molecule has 1 atom stereocenters. The molecule has 0 rings (SSSR count). The van der Waals surface area contributed by atoms with Crippen molar-refractivity contribution in [2.75, 3.05) is 13.2 Å². The molecule has 6 heteroatoms. The van der Waals surface area contributed by atoms with Crippen LogP contribution in [-0.4, -0.2) is 37.2 Å². The van der Waals surface area contributed by atoms with Crippen LogP contribution in [0.5, 0.6) is 0 Å². The van der Waals surface area contributed by atoms with E-state index in [0.717, 1.165) is 70.6 Å². The van der Waals surface area contributed by atoms with Crippen LogP contribution in [0.2, 0.25) is 0 Å². The van der Waals surface area contributed by atoms with Gasteiger partial charge in [0.25, 0.3) is 0 Å². The van der Waals surface area contributed by atoms with Crippen LogP contribution in [0.3, 0.4) is 0 Å². The molecule has 0 fully saturated rings. The standard InChI is InChI=1S/C61H114O6/c1-4-7-10-13-16-18-20-22-24-26-28-29-30-31-32-33-34-36-37-39-41-43-45-48-51-54-60(63)66-57-58(56-65-59(62)53-50-47-15-12-9-6-3)67-61(64)55-52-49-46-44-42-40-38-35-27-25-23-21-19-17-14-11-8-5-2/h19,21,25,27,58H,4-18,20,22-24,26,28-57H2,1-3H3/b21-19-,27-25-. The molecule has 0 aliphatic carbocycles. The van der Waals surface area contributed by atoms with Crippen molar-refractivity contribution in [1.29, 1.82) is 0 Å². The Labute approximate surface area is 417 Å². The van der Waals surface area contributed by atoms with Crippen LogP contribution in [0.4, 0.5) is 0 Å². The molecule has 0 saturated heterocycles. The third-order valence-corrected chi connectivity index (χ3v) is 13.5. The quantitative estimate of drug-likeness (QED) is 0.0262. The Bertz CT molecular complexity index is 1080. The van der Waals surface area contributed by atoms with E-state index in [4.69, 9.17) is 14.2 Å². The lowest BCUT2D eigenvalue weighted by Crippen LogP contribution is -2.30.